The van der Waals surface area contributed by atoms with E-state index in [0.29, 0.717) is 25.2 Å². The summed E-state index contributed by atoms with van der Waals surface area (Å²) in [5.41, 5.74) is 1.74. The quantitative estimate of drug-likeness (QED) is 0.213. The molecule has 0 saturated carbocycles. The summed E-state index contributed by atoms with van der Waals surface area (Å²) >= 11 is 0. The molecule has 5 N–H and O–H groups in total. The number of ketones is 1. The molecule has 1 saturated heterocycles. The number of nitrogens with zero attached hydrogens (tertiary/aromatic N) is 2. The van der Waals surface area contributed by atoms with Gasteiger partial charge in [0.15, 0.2) is 5.84 Å². The van der Waals surface area contributed by atoms with Gasteiger partial charge in [-0.25, -0.2) is 5.84 Å². The average Bonchev–Trinajstić information content (AvgIpc) is 2.87. The topological polar surface area (TPSA) is 114 Å². The van der Waals surface area contributed by atoms with Crippen LogP contribution in [0.15, 0.2) is 5.10 Å². The van der Waals surface area contributed by atoms with Crippen molar-refractivity contribution in [3.8, 4) is 0 Å². The van der Waals surface area contributed by atoms with Crippen LogP contribution in [0.4, 0.5) is 0 Å². The highest BCUT2D eigenvalue weighted by molar-refractivity contribution is 6.38. The second-order valence-electron chi connectivity index (χ2n) is 5.38. The lowest BCUT2D eigenvalue weighted by atomic mass is 9.84. The molecule has 108 valence electrons. The van der Waals surface area contributed by atoms with Crippen molar-refractivity contribution in [3.63, 3.8) is 0 Å². The molecule has 0 aromatic rings. The third-order valence-corrected chi connectivity index (χ3v) is 3.81. The van der Waals surface area contributed by atoms with E-state index in [1.54, 1.807) is 13.8 Å². The van der Waals surface area contributed by atoms with E-state index in [4.69, 9.17) is 11.7 Å². The van der Waals surface area contributed by atoms with Crippen LogP contribution in [-0.2, 0) is 9.59 Å². The molecule has 1 fully saturated rings. The summed E-state index contributed by atoms with van der Waals surface area (Å²) in [6, 6.07) is -0.334. The molecule has 0 radical (unpaired) electrons. The third kappa shape index (κ3) is 3.04. The van der Waals surface area contributed by atoms with Crippen LogP contribution in [0.25, 0.3) is 0 Å². The Labute approximate surface area is 113 Å². The van der Waals surface area contributed by atoms with Crippen LogP contribution in [0.3, 0.4) is 0 Å². The van der Waals surface area contributed by atoms with Gasteiger partial charge in [-0.15, -0.1) is 0 Å². The van der Waals surface area contributed by atoms with Crippen LogP contribution in [0.2, 0.25) is 0 Å². The molecule has 1 aliphatic heterocycles. The number of nitrogens with two attached hydrogens (primary N) is 2. The Morgan fingerprint density at radius 2 is 2.11 bits per heavy atom. The molecule has 0 spiro atoms. The number of rotatable bonds is 4. The van der Waals surface area contributed by atoms with Gasteiger partial charge in [0, 0.05) is 12.0 Å². The summed E-state index contributed by atoms with van der Waals surface area (Å²) in [7, 11) is 0. The Kier molecular flexibility index (Phi) is 4.88. The lowest BCUT2D eigenvalue weighted by Gasteiger charge is -2.28. The Hall–Kier alpha value is -1.63. The van der Waals surface area contributed by atoms with Gasteiger partial charge >= 0.3 is 0 Å². The molecule has 1 unspecified atom stereocenters. The van der Waals surface area contributed by atoms with Crippen molar-refractivity contribution in [2.75, 3.05) is 6.54 Å². The Morgan fingerprint density at radius 1 is 1.47 bits per heavy atom. The number of hydrazine groups is 1. The first-order valence-electron chi connectivity index (χ1n) is 6.48. The standard InChI is InChI=1S/C12H23N5O2/c1-4-12(2,3)9(18)11(19)17-7-5-6-8(17)10(15-13)16-14/h8H,4-7,13-14H2,1-3H3,(H,15,16). The van der Waals surface area contributed by atoms with Gasteiger partial charge < -0.3 is 16.2 Å². The minimum Gasteiger partial charge on any atom is -0.326 e. The van der Waals surface area contributed by atoms with Gasteiger partial charge in [-0.1, -0.05) is 20.8 Å². The molecule has 1 heterocycles. The van der Waals surface area contributed by atoms with E-state index in [9.17, 15) is 9.59 Å². The summed E-state index contributed by atoms with van der Waals surface area (Å²) in [6.45, 7) is 5.96. The molecular weight excluding hydrogens is 246 g/mol. The van der Waals surface area contributed by atoms with Crippen LogP contribution >= 0.6 is 0 Å². The van der Waals surface area contributed by atoms with Crippen LogP contribution in [-0.4, -0.2) is 35.0 Å². The molecule has 1 atom stereocenters. The summed E-state index contributed by atoms with van der Waals surface area (Å²) in [6.07, 6.45) is 2.12. The van der Waals surface area contributed by atoms with Crippen molar-refractivity contribution in [3.05, 3.63) is 0 Å². The zero-order chi connectivity index (χ0) is 14.6. The number of amidine groups is 1. The molecule has 0 aromatic heterocycles. The number of likely N-dealkylation sites (tertiary alicyclic amines) is 1. The smallest absolute Gasteiger partial charge is 0.291 e. The van der Waals surface area contributed by atoms with Gasteiger partial charge in [0.2, 0.25) is 5.78 Å². The van der Waals surface area contributed by atoms with E-state index in [-0.39, 0.29) is 11.8 Å². The van der Waals surface area contributed by atoms with Crippen molar-refractivity contribution in [2.24, 2.45) is 22.2 Å². The zero-order valence-corrected chi connectivity index (χ0v) is 11.8. The van der Waals surface area contributed by atoms with Crippen molar-refractivity contribution in [1.82, 2.24) is 10.3 Å². The molecule has 7 heteroatoms. The van der Waals surface area contributed by atoms with E-state index in [0.717, 1.165) is 6.42 Å². The number of carbonyl (C=O) groups excluding carboxylic acids is 2. The molecule has 1 amide bonds. The minimum absolute atomic E-state index is 0.327. The van der Waals surface area contributed by atoms with E-state index in [1.165, 1.54) is 4.90 Å². The maximum absolute atomic E-state index is 12.3. The zero-order valence-electron chi connectivity index (χ0n) is 11.8. The molecule has 0 bridgehead atoms. The molecule has 7 nitrogen and oxygen atoms in total. The number of hydrogen-bond acceptors (Lipinski definition) is 5. The van der Waals surface area contributed by atoms with E-state index >= 15 is 0 Å². The van der Waals surface area contributed by atoms with Gasteiger partial charge in [-0.2, -0.15) is 5.10 Å². The fourth-order valence-electron chi connectivity index (χ4n) is 2.09. The average molecular weight is 269 g/mol. The summed E-state index contributed by atoms with van der Waals surface area (Å²) in [5, 5.41) is 3.54. The number of nitrogens with one attached hydrogen (secondary N) is 1. The normalized spacial score (nSPS) is 20.5. The molecule has 0 aromatic carbocycles. The Balaban J connectivity index is 2.90. The monoisotopic (exact) mass is 269 g/mol. The number of hydrogen-bond donors (Lipinski definition) is 3. The second-order valence-corrected chi connectivity index (χ2v) is 5.38. The first-order valence-corrected chi connectivity index (χ1v) is 6.48. The summed E-state index contributed by atoms with van der Waals surface area (Å²) in [4.78, 5) is 26.0. The lowest BCUT2D eigenvalue weighted by molar-refractivity contribution is -0.149. The number of amides is 1. The molecule has 1 rings (SSSR count). The molecular formula is C12H23N5O2. The highest BCUT2D eigenvalue weighted by atomic mass is 16.2. The minimum atomic E-state index is -0.652. The van der Waals surface area contributed by atoms with Crippen molar-refractivity contribution in [1.29, 1.82) is 0 Å². The second kappa shape index (κ2) is 6.01. The van der Waals surface area contributed by atoms with Gasteiger partial charge in [0.25, 0.3) is 5.91 Å². The maximum atomic E-state index is 12.3. The molecule has 19 heavy (non-hydrogen) atoms. The van der Waals surface area contributed by atoms with E-state index in [2.05, 4.69) is 10.5 Å². The molecule has 0 aliphatic carbocycles. The maximum Gasteiger partial charge on any atom is 0.291 e. The number of carbonyl (C=O) groups is 2. The van der Waals surface area contributed by atoms with Crippen LogP contribution < -0.4 is 17.1 Å². The van der Waals surface area contributed by atoms with Gasteiger partial charge in [-0.3, -0.25) is 9.59 Å². The van der Waals surface area contributed by atoms with Crippen molar-refractivity contribution in [2.45, 2.75) is 46.1 Å². The molecule has 1 aliphatic rings. The summed E-state index contributed by atoms with van der Waals surface area (Å²) < 4.78 is 0. The van der Waals surface area contributed by atoms with Crippen LogP contribution in [0.1, 0.15) is 40.0 Å². The van der Waals surface area contributed by atoms with Gasteiger partial charge in [0.1, 0.15) is 0 Å². The van der Waals surface area contributed by atoms with Gasteiger partial charge in [0.05, 0.1) is 6.04 Å². The van der Waals surface area contributed by atoms with Gasteiger partial charge in [-0.05, 0) is 19.3 Å². The van der Waals surface area contributed by atoms with Crippen molar-refractivity contribution >= 4 is 17.5 Å². The number of Topliss-reactive ketones (excluding diaryl/α,β-unsaturated/α-hetero) is 1. The highest BCUT2D eigenvalue weighted by Gasteiger charge is 2.40. The fourth-order valence-corrected chi connectivity index (χ4v) is 2.09. The Morgan fingerprint density at radius 3 is 2.58 bits per heavy atom. The van der Waals surface area contributed by atoms with E-state index in [1.807, 2.05) is 6.92 Å². The third-order valence-electron chi connectivity index (χ3n) is 3.81. The highest BCUT2D eigenvalue weighted by Crippen LogP contribution is 2.25. The lowest BCUT2D eigenvalue weighted by Crippen LogP contribution is -2.52. The first kappa shape index (κ1) is 15.4. The van der Waals surface area contributed by atoms with Crippen LogP contribution in [0, 0.1) is 5.41 Å². The Bertz CT molecular complexity index is 392. The first-order chi connectivity index (χ1) is 8.88. The predicted molar refractivity (Wildman–Crippen MR) is 72.8 cm³/mol. The van der Waals surface area contributed by atoms with Crippen molar-refractivity contribution < 1.29 is 9.59 Å². The van der Waals surface area contributed by atoms with Crippen LogP contribution in [0.5, 0.6) is 0 Å². The largest absolute Gasteiger partial charge is 0.326 e. The predicted octanol–water partition coefficient (Wildman–Crippen LogP) is -0.282. The SMILES string of the molecule is CCC(C)(C)C(=O)C(=O)N1CCCC1/C(=N/N)NN. The summed E-state index contributed by atoms with van der Waals surface area (Å²) in [5.74, 6) is 10.0. The number of hydrazone groups is 1. The fraction of sp³-hybridized carbons (Fsp3) is 0.750. The van der Waals surface area contributed by atoms with E-state index < -0.39 is 11.3 Å².